The van der Waals surface area contributed by atoms with E-state index in [1.54, 1.807) is 0 Å². The lowest BCUT2D eigenvalue weighted by Crippen LogP contribution is -2.42. The molecule has 1 unspecified atom stereocenters. The summed E-state index contributed by atoms with van der Waals surface area (Å²) in [5, 5.41) is 7.28. The van der Waals surface area contributed by atoms with Crippen molar-refractivity contribution in [2.24, 2.45) is 11.8 Å². The van der Waals surface area contributed by atoms with Gasteiger partial charge in [-0.15, -0.1) is 0 Å². The Morgan fingerprint density at radius 1 is 1.07 bits per heavy atom. The first-order valence-corrected chi connectivity index (χ1v) is 5.87. The summed E-state index contributed by atoms with van der Waals surface area (Å²) in [7, 11) is 0. The molecule has 0 heterocycles. The van der Waals surface area contributed by atoms with E-state index in [1.165, 1.54) is 0 Å². The van der Waals surface area contributed by atoms with E-state index in [2.05, 4.69) is 45.3 Å². The van der Waals surface area contributed by atoms with Crippen LogP contribution in [-0.2, 0) is 0 Å². The Bertz CT molecular complexity index is 167. The van der Waals surface area contributed by atoms with E-state index in [4.69, 9.17) is 12.2 Å². The van der Waals surface area contributed by atoms with Gasteiger partial charge in [-0.2, -0.15) is 0 Å². The fraction of sp³-hybridized carbons (Fsp3) is 0.909. The van der Waals surface area contributed by atoms with Crippen LogP contribution in [0, 0.1) is 11.8 Å². The highest BCUT2D eigenvalue weighted by Gasteiger charge is 2.06. The van der Waals surface area contributed by atoms with Crippen molar-refractivity contribution >= 4 is 17.3 Å². The van der Waals surface area contributed by atoms with Crippen molar-refractivity contribution < 1.29 is 0 Å². The third kappa shape index (κ3) is 8.30. The molecule has 2 N–H and O–H groups in total. The van der Waals surface area contributed by atoms with Crippen molar-refractivity contribution in [3.05, 3.63) is 0 Å². The van der Waals surface area contributed by atoms with Crippen LogP contribution in [0.5, 0.6) is 0 Å². The van der Waals surface area contributed by atoms with Crippen LogP contribution in [0.15, 0.2) is 0 Å². The predicted molar refractivity (Wildman–Crippen MR) is 67.5 cm³/mol. The maximum atomic E-state index is 5.18. The molecule has 0 saturated heterocycles. The fourth-order valence-corrected chi connectivity index (χ4v) is 1.62. The summed E-state index contributed by atoms with van der Waals surface area (Å²) in [6, 6.07) is 0.460. The molecule has 0 aromatic rings. The zero-order valence-electron chi connectivity index (χ0n) is 10.1. The SMILES string of the molecule is CC(C)CNC(=S)NC(C)CC(C)C. The van der Waals surface area contributed by atoms with Crippen LogP contribution in [0.1, 0.15) is 41.0 Å². The van der Waals surface area contributed by atoms with E-state index in [9.17, 15) is 0 Å². The third-order valence-electron chi connectivity index (χ3n) is 1.87. The molecule has 3 heteroatoms. The molecule has 0 aromatic heterocycles. The highest BCUT2D eigenvalue weighted by molar-refractivity contribution is 7.80. The number of nitrogens with one attached hydrogen (secondary N) is 2. The van der Waals surface area contributed by atoms with Crippen LogP contribution >= 0.6 is 12.2 Å². The first-order valence-electron chi connectivity index (χ1n) is 5.46. The van der Waals surface area contributed by atoms with E-state index in [-0.39, 0.29) is 0 Å². The van der Waals surface area contributed by atoms with Crippen molar-refractivity contribution in [3.8, 4) is 0 Å². The maximum Gasteiger partial charge on any atom is 0.166 e. The van der Waals surface area contributed by atoms with E-state index in [0.29, 0.717) is 17.9 Å². The first kappa shape index (κ1) is 13.7. The Kier molecular flexibility index (Phi) is 6.89. The zero-order valence-corrected chi connectivity index (χ0v) is 10.9. The molecule has 1 atom stereocenters. The molecule has 0 fully saturated rings. The van der Waals surface area contributed by atoms with E-state index >= 15 is 0 Å². The summed E-state index contributed by atoms with van der Waals surface area (Å²) in [4.78, 5) is 0. The molecule has 14 heavy (non-hydrogen) atoms. The highest BCUT2D eigenvalue weighted by atomic mass is 32.1. The lowest BCUT2D eigenvalue weighted by Gasteiger charge is -2.19. The molecule has 2 nitrogen and oxygen atoms in total. The second-order valence-electron chi connectivity index (χ2n) is 4.78. The van der Waals surface area contributed by atoms with Crippen LogP contribution in [0.4, 0.5) is 0 Å². The molecule has 0 saturated carbocycles. The molecular formula is C11H24N2S. The molecule has 0 radical (unpaired) electrons. The normalized spacial score (nSPS) is 13.1. The number of hydrogen-bond acceptors (Lipinski definition) is 1. The van der Waals surface area contributed by atoms with Gasteiger partial charge in [-0.1, -0.05) is 27.7 Å². The van der Waals surface area contributed by atoms with Crippen LogP contribution in [-0.4, -0.2) is 17.7 Å². The number of rotatable bonds is 5. The second kappa shape index (κ2) is 7.04. The van der Waals surface area contributed by atoms with E-state index in [0.717, 1.165) is 18.1 Å². The monoisotopic (exact) mass is 216 g/mol. The highest BCUT2D eigenvalue weighted by Crippen LogP contribution is 2.03. The minimum atomic E-state index is 0.460. The van der Waals surface area contributed by atoms with Gasteiger partial charge in [-0.05, 0) is 37.4 Å². The Morgan fingerprint density at radius 3 is 2.07 bits per heavy atom. The van der Waals surface area contributed by atoms with Crippen molar-refractivity contribution in [1.29, 1.82) is 0 Å². The van der Waals surface area contributed by atoms with Crippen molar-refractivity contribution in [3.63, 3.8) is 0 Å². The Labute approximate surface area is 93.8 Å². The van der Waals surface area contributed by atoms with Gasteiger partial charge < -0.3 is 10.6 Å². The Balaban J connectivity index is 3.60. The van der Waals surface area contributed by atoms with Gasteiger partial charge in [0.15, 0.2) is 5.11 Å². The summed E-state index contributed by atoms with van der Waals surface area (Å²) in [5.41, 5.74) is 0. The van der Waals surface area contributed by atoms with Gasteiger partial charge in [0.05, 0.1) is 0 Å². The standard InChI is InChI=1S/C11H24N2S/c1-8(2)6-10(5)13-11(14)12-7-9(3)4/h8-10H,6-7H2,1-5H3,(H2,12,13,14). The molecule has 0 spiro atoms. The minimum absolute atomic E-state index is 0.460. The van der Waals surface area contributed by atoms with Crippen LogP contribution in [0.2, 0.25) is 0 Å². The lowest BCUT2D eigenvalue weighted by molar-refractivity contribution is 0.486. The van der Waals surface area contributed by atoms with Gasteiger partial charge >= 0.3 is 0 Å². The largest absolute Gasteiger partial charge is 0.362 e. The van der Waals surface area contributed by atoms with Gasteiger partial charge in [0.2, 0.25) is 0 Å². The predicted octanol–water partition coefficient (Wildman–Crippen LogP) is 2.54. The van der Waals surface area contributed by atoms with Gasteiger partial charge in [0, 0.05) is 12.6 Å². The minimum Gasteiger partial charge on any atom is -0.362 e. The quantitative estimate of drug-likeness (QED) is 0.691. The van der Waals surface area contributed by atoms with Gasteiger partial charge in [0.25, 0.3) is 0 Å². The van der Waals surface area contributed by atoms with Crippen LogP contribution < -0.4 is 10.6 Å². The lowest BCUT2D eigenvalue weighted by atomic mass is 10.1. The van der Waals surface area contributed by atoms with Gasteiger partial charge in [-0.3, -0.25) is 0 Å². The summed E-state index contributed by atoms with van der Waals surface area (Å²) < 4.78 is 0. The number of hydrogen-bond donors (Lipinski definition) is 2. The third-order valence-corrected chi connectivity index (χ3v) is 2.14. The molecule has 0 aliphatic rings. The Hall–Kier alpha value is -0.310. The summed E-state index contributed by atoms with van der Waals surface area (Å²) >= 11 is 5.18. The first-order chi connectivity index (χ1) is 6.41. The van der Waals surface area contributed by atoms with Gasteiger partial charge in [-0.25, -0.2) is 0 Å². The molecule has 0 aromatic carbocycles. The smallest absolute Gasteiger partial charge is 0.166 e. The summed E-state index contributed by atoms with van der Waals surface area (Å²) in [6.07, 6.45) is 1.16. The van der Waals surface area contributed by atoms with E-state index < -0.39 is 0 Å². The fourth-order valence-electron chi connectivity index (χ4n) is 1.34. The molecule has 0 aliphatic carbocycles. The van der Waals surface area contributed by atoms with Crippen molar-refractivity contribution in [2.45, 2.75) is 47.1 Å². The average molecular weight is 216 g/mol. The molecule has 0 bridgehead atoms. The van der Waals surface area contributed by atoms with Crippen molar-refractivity contribution in [1.82, 2.24) is 10.6 Å². The molecule has 0 amide bonds. The summed E-state index contributed by atoms with van der Waals surface area (Å²) in [5.74, 6) is 1.35. The summed E-state index contributed by atoms with van der Waals surface area (Å²) in [6.45, 7) is 11.9. The topological polar surface area (TPSA) is 24.1 Å². The van der Waals surface area contributed by atoms with E-state index in [1.807, 2.05) is 0 Å². The number of thiocarbonyl (C=S) groups is 1. The molecular weight excluding hydrogens is 192 g/mol. The zero-order chi connectivity index (χ0) is 11.1. The Morgan fingerprint density at radius 2 is 1.64 bits per heavy atom. The van der Waals surface area contributed by atoms with Crippen LogP contribution in [0.25, 0.3) is 0 Å². The average Bonchev–Trinajstić information content (AvgIpc) is 1.98. The molecule has 0 rings (SSSR count). The second-order valence-corrected chi connectivity index (χ2v) is 5.19. The molecule has 0 aliphatic heterocycles. The molecule has 84 valence electrons. The maximum absolute atomic E-state index is 5.18. The van der Waals surface area contributed by atoms with Gasteiger partial charge in [0.1, 0.15) is 0 Å². The van der Waals surface area contributed by atoms with Crippen molar-refractivity contribution in [2.75, 3.05) is 6.54 Å². The van der Waals surface area contributed by atoms with Crippen LogP contribution in [0.3, 0.4) is 0 Å².